The molecule has 1 aliphatic rings. The van der Waals surface area contributed by atoms with Gasteiger partial charge in [-0.3, -0.25) is 4.99 Å². The lowest BCUT2D eigenvalue weighted by Gasteiger charge is -2.12. The zero-order valence-corrected chi connectivity index (χ0v) is 17.0. The molecule has 0 saturated carbocycles. The first kappa shape index (κ1) is 22.9. The molecule has 0 aromatic rings. The topological polar surface area (TPSA) is 64.1 Å². The van der Waals surface area contributed by atoms with Gasteiger partial charge in [0.1, 0.15) is 0 Å². The van der Waals surface area contributed by atoms with E-state index >= 15 is 0 Å². The van der Waals surface area contributed by atoms with Gasteiger partial charge in [-0.05, 0) is 39.5 Å². The molecular weight excluding hydrogens is 409 g/mol. The molecule has 0 aromatic carbocycles. The van der Waals surface area contributed by atoms with Crippen LogP contribution in [0.2, 0.25) is 0 Å². The van der Waals surface area contributed by atoms with Crippen LogP contribution in [-0.4, -0.2) is 64.7 Å². The molecule has 1 aliphatic heterocycles. The fourth-order valence-electron chi connectivity index (χ4n) is 2.22. The van der Waals surface area contributed by atoms with Crippen LogP contribution in [0.4, 0.5) is 0 Å². The second-order valence-electron chi connectivity index (χ2n) is 5.30. The lowest BCUT2D eigenvalue weighted by atomic mass is 10.2. The minimum atomic E-state index is 0. The van der Waals surface area contributed by atoms with Crippen LogP contribution in [0.1, 0.15) is 39.5 Å². The summed E-state index contributed by atoms with van der Waals surface area (Å²) in [6.07, 6.45) is 4.53. The third kappa shape index (κ3) is 12.9. The molecule has 138 valence electrons. The van der Waals surface area contributed by atoms with E-state index in [0.29, 0.717) is 6.10 Å². The molecule has 0 aromatic heterocycles. The molecule has 1 unspecified atom stereocenters. The molecule has 2 N–H and O–H groups in total. The Balaban J connectivity index is 0.00000484. The van der Waals surface area contributed by atoms with Gasteiger partial charge in [0.25, 0.3) is 0 Å². The van der Waals surface area contributed by atoms with E-state index in [-0.39, 0.29) is 24.0 Å². The van der Waals surface area contributed by atoms with Crippen molar-refractivity contribution in [2.75, 3.05) is 52.7 Å². The van der Waals surface area contributed by atoms with Crippen LogP contribution in [0.15, 0.2) is 4.99 Å². The van der Waals surface area contributed by atoms with Crippen LogP contribution in [0.3, 0.4) is 0 Å². The summed E-state index contributed by atoms with van der Waals surface area (Å²) >= 11 is 0. The summed E-state index contributed by atoms with van der Waals surface area (Å²) in [6, 6.07) is 0. The number of ether oxygens (including phenoxy) is 3. The Hall–Kier alpha value is -0.120. The third-order valence-corrected chi connectivity index (χ3v) is 3.35. The van der Waals surface area contributed by atoms with E-state index in [9.17, 15) is 0 Å². The molecule has 1 heterocycles. The molecule has 0 radical (unpaired) electrons. The van der Waals surface area contributed by atoms with E-state index < -0.39 is 0 Å². The highest BCUT2D eigenvalue weighted by Crippen LogP contribution is 2.11. The van der Waals surface area contributed by atoms with E-state index in [1.165, 1.54) is 6.42 Å². The van der Waals surface area contributed by atoms with Crippen molar-refractivity contribution in [2.24, 2.45) is 4.99 Å². The zero-order chi connectivity index (χ0) is 15.9. The highest BCUT2D eigenvalue weighted by atomic mass is 127. The number of hydrogen-bond acceptors (Lipinski definition) is 4. The van der Waals surface area contributed by atoms with Crippen LogP contribution in [0.25, 0.3) is 0 Å². The molecule has 0 amide bonds. The van der Waals surface area contributed by atoms with Gasteiger partial charge in [0.15, 0.2) is 5.96 Å². The van der Waals surface area contributed by atoms with Gasteiger partial charge in [-0.25, -0.2) is 0 Å². The largest absolute Gasteiger partial charge is 0.382 e. The predicted octanol–water partition coefficient (Wildman–Crippen LogP) is 2.17. The van der Waals surface area contributed by atoms with Crippen LogP contribution in [0, 0.1) is 0 Å². The van der Waals surface area contributed by atoms with Gasteiger partial charge >= 0.3 is 0 Å². The van der Waals surface area contributed by atoms with E-state index in [2.05, 4.69) is 22.5 Å². The van der Waals surface area contributed by atoms with E-state index in [1.807, 2.05) is 6.92 Å². The Morgan fingerprint density at radius 2 is 2.00 bits per heavy atom. The summed E-state index contributed by atoms with van der Waals surface area (Å²) in [6.45, 7) is 10.5. The Labute approximate surface area is 158 Å². The molecule has 23 heavy (non-hydrogen) atoms. The summed E-state index contributed by atoms with van der Waals surface area (Å²) in [5.41, 5.74) is 0. The van der Waals surface area contributed by atoms with Gasteiger partial charge in [-0.2, -0.15) is 0 Å². The first-order valence-corrected chi connectivity index (χ1v) is 8.66. The number of hydrogen-bond donors (Lipinski definition) is 2. The van der Waals surface area contributed by atoms with E-state index in [4.69, 9.17) is 14.2 Å². The van der Waals surface area contributed by atoms with Crippen molar-refractivity contribution in [1.29, 1.82) is 0 Å². The van der Waals surface area contributed by atoms with Crippen molar-refractivity contribution in [3.05, 3.63) is 0 Å². The lowest BCUT2D eigenvalue weighted by molar-refractivity contribution is 0.0171. The Bertz CT molecular complexity index is 288. The Morgan fingerprint density at radius 1 is 1.17 bits per heavy atom. The lowest BCUT2D eigenvalue weighted by Crippen LogP contribution is -2.38. The normalized spacial score (nSPS) is 17.8. The number of nitrogens with one attached hydrogen (secondary N) is 2. The smallest absolute Gasteiger partial charge is 0.191 e. The number of halogens is 1. The zero-order valence-electron chi connectivity index (χ0n) is 14.6. The average Bonchev–Trinajstić information content (AvgIpc) is 3.03. The van der Waals surface area contributed by atoms with Crippen LogP contribution >= 0.6 is 24.0 Å². The minimum absolute atomic E-state index is 0. The molecule has 6 nitrogen and oxygen atoms in total. The Kier molecular flexibility index (Phi) is 16.6. The quantitative estimate of drug-likeness (QED) is 0.210. The summed E-state index contributed by atoms with van der Waals surface area (Å²) in [5, 5.41) is 6.56. The first-order valence-electron chi connectivity index (χ1n) is 8.66. The molecule has 1 fully saturated rings. The maximum Gasteiger partial charge on any atom is 0.191 e. The maximum atomic E-state index is 5.63. The highest BCUT2D eigenvalue weighted by Gasteiger charge is 2.14. The molecule has 0 bridgehead atoms. The van der Waals surface area contributed by atoms with Crippen LogP contribution in [-0.2, 0) is 14.2 Å². The van der Waals surface area contributed by atoms with E-state index in [1.54, 1.807) is 0 Å². The van der Waals surface area contributed by atoms with Gasteiger partial charge in [-0.1, -0.05) is 0 Å². The number of rotatable bonds is 12. The van der Waals surface area contributed by atoms with Gasteiger partial charge < -0.3 is 24.8 Å². The molecule has 1 atom stereocenters. The minimum Gasteiger partial charge on any atom is -0.382 e. The second-order valence-corrected chi connectivity index (χ2v) is 5.30. The van der Waals surface area contributed by atoms with Gasteiger partial charge in [0.05, 0.1) is 12.7 Å². The van der Waals surface area contributed by atoms with Crippen molar-refractivity contribution >= 4 is 29.9 Å². The molecule has 0 aliphatic carbocycles. The van der Waals surface area contributed by atoms with Crippen LogP contribution < -0.4 is 10.6 Å². The van der Waals surface area contributed by atoms with Gasteiger partial charge in [0.2, 0.25) is 0 Å². The number of nitrogens with zero attached hydrogens (tertiary/aromatic N) is 1. The van der Waals surface area contributed by atoms with E-state index in [0.717, 1.165) is 77.9 Å². The molecule has 7 heteroatoms. The summed E-state index contributed by atoms with van der Waals surface area (Å²) in [5.74, 6) is 0.873. The second kappa shape index (κ2) is 16.7. The fraction of sp³-hybridized carbons (Fsp3) is 0.938. The number of aliphatic imine (C=N–C) groups is 1. The first-order chi connectivity index (χ1) is 10.9. The summed E-state index contributed by atoms with van der Waals surface area (Å²) in [4.78, 5) is 4.54. The summed E-state index contributed by atoms with van der Waals surface area (Å²) in [7, 11) is 0. The van der Waals surface area contributed by atoms with Gasteiger partial charge in [-0.15, -0.1) is 24.0 Å². The molecule has 0 spiro atoms. The third-order valence-electron chi connectivity index (χ3n) is 3.35. The predicted molar refractivity (Wildman–Crippen MR) is 105 cm³/mol. The molecule has 1 saturated heterocycles. The molecular formula is C16H34IN3O3. The van der Waals surface area contributed by atoms with Crippen molar-refractivity contribution in [3.8, 4) is 0 Å². The van der Waals surface area contributed by atoms with Crippen molar-refractivity contribution in [3.63, 3.8) is 0 Å². The monoisotopic (exact) mass is 443 g/mol. The molecule has 1 rings (SSSR count). The van der Waals surface area contributed by atoms with Gasteiger partial charge in [0, 0.05) is 46.1 Å². The van der Waals surface area contributed by atoms with Crippen molar-refractivity contribution in [2.45, 2.75) is 45.6 Å². The summed E-state index contributed by atoms with van der Waals surface area (Å²) < 4.78 is 16.5. The van der Waals surface area contributed by atoms with Crippen molar-refractivity contribution < 1.29 is 14.2 Å². The standard InChI is InChI=1S/C16H33N3O3.HI/c1-3-17-16(18-9-6-11-20-4-2)19-10-7-12-21-14-15-8-5-13-22-15;/h15H,3-14H2,1-2H3,(H2,17,18,19);1H. The number of guanidine groups is 1. The fourth-order valence-corrected chi connectivity index (χ4v) is 2.22. The van der Waals surface area contributed by atoms with Crippen molar-refractivity contribution in [1.82, 2.24) is 10.6 Å². The highest BCUT2D eigenvalue weighted by molar-refractivity contribution is 14.0. The Morgan fingerprint density at radius 3 is 2.70 bits per heavy atom. The SMILES string of the molecule is CCNC(=NCCCOCC1CCCO1)NCCCOCC.I. The average molecular weight is 443 g/mol. The maximum absolute atomic E-state index is 5.63. The van der Waals surface area contributed by atoms with Crippen LogP contribution in [0.5, 0.6) is 0 Å².